The molecule has 4 aliphatic heterocycles. The number of carbonyl (C=O) groups is 3. The van der Waals surface area contributed by atoms with Crippen LogP contribution in [0.4, 0.5) is 17.1 Å². The molecular weight excluding hydrogens is 412 g/mol. The Labute approximate surface area is 183 Å². The first-order valence-electron chi connectivity index (χ1n) is 10.7. The number of hydrogen-bond acceptors (Lipinski definition) is 6. The van der Waals surface area contributed by atoms with Gasteiger partial charge in [0, 0.05) is 28.9 Å². The van der Waals surface area contributed by atoms with Gasteiger partial charge in [0.25, 0.3) is 5.69 Å². The van der Waals surface area contributed by atoms with E-state index < -0.39 is 28.2 Å². The molecule has 4 atom stereocenters. The zero-order chi connectivity index (χ0) is 22.4. The fourth-order valence-electron chi connectivity index (χ4n) is 6.35. The minimum atomic E-state index is -1.24. The van der Waals surface area contributed by atoms with Crippen LogP contribution in [-0.4, -0.2) is 40.1 Å². The lowest BCUT2D eigenvalue weighted by atomic mass is 9.75. The molecule has 1 N–H and O–H groups in total. The Hall–Kier alpha value is -3.59. The number of rotatable bonds is 2. The van der Waals surface area contributed by atoms with Crippen LogP contribution in [0.3, 0.4) is 0 Å². The predicted molar refractivity (Wildman–Crippen MR) is 114 cm³/mol. The van der Waals surface area contributed by atoms with Crippen molar-refractivity contribution >= 4 is 34.8 Å². The predicted octanol–water partition coefficient (Wildman–Crippen LogP) is 2.33. The minimum Gasteiger partial charge on any atom is -0.324 e. The summed E-state index contributed by atoms with van der Waals surface area (Å²) in [6.07, 6.45) is 1.56. The summed E-state index contributed by atoms with van der Waals surface area (Å²) in [5, 5.41) is 14.4. The molecule has 9 heteroatoms. The second-order valence-electron chi connectivity index (χ2n) is 8.91. The summed E-state index contributed by atoms with van der Waals surface area (Å²) in [5.74, 6) is -2.67. The van der Waals surface area contributed by atoms with Gasteiger partial charge in [0.15, 0.2) is 0 Å². The van der Waals surface area contributed by atoms with Gasteiger partial charge in [-0.15, -0.1) is 0 Å². The number of benzene rings is 2. The van der Waals surface area contributed by atoms with Gasteiger partial charge < -0.3 is 5.32 Å². The van der Waals surface area contributed by atoms with Crippen LogP contribution in [0.25, 0.3) is 0 Å². The molecule has 162 valence electrons. The van der Waals surface area contributed by atoms with E-state index in [4.69, 9.17) is 0 Å². The zero-order valence-electron chi connectivity index (χ0n) is 17.3. The van der Waals surface area contributed by atoms with Gasteiger partial charge in [-0.25, -0.2) is 4.90 Å². The standard InChI is InChI=1S/C23H20N4O5/c1-12-8-9-13(11-17(12)27(31)32)26-20(28)18-16-7-4-10-25(16)23(19(18)21(26)29)14-5-2-3-6-15(14)24-22(23)30/h2-3,5-6,8-9,11,16,18-19H,4,7,10H2,1H3,(H,24,30)/t16-,18+,19-,23-/m0/s1. The Morgan fingerprint density at radius 3 is 2.69 bits per heavy atom. The normalized spacial score (nSPS) is 30.6. The molecule has 4 heterocycles. The van der Waals surface area contributed by atoms with E-state index in [-0.39, 0.29) is 29.2 Å². The van der Waals surface area contributed by atoms with Crippen molar-refractivity contribution in [3.05, 3.63) is 63.7 Å². The number of nitrogens with one attached hydrogen (secondary N) is 1. The molecule has 0 saturated carbocycles. The number of nitro benzene ring substituents is 1. The summed E-state index contributed by atoms with van der Waals surface area (Å²) in [6, 6.07) is 11.5. The largest absolute Gasteiger partial charge is 0.324 e. The Morgan fingerprint density at radius 2 is 1.91 bits per heavy atom. The molecule has 0 aromatic heterocycles. The molecule has 0 unspecified atom stereocenters. The van der Waals surface area contributed by atoms with Crippen molar-refractivity contribution < 1.29 is 19.3 Å². The van der Waals surface area contributed by atoms with Crippen LogP contribution >= 0.6 is 0 Å². The summed E-state index contributed by atoms with van der Waals surface area (Å²) >= 11 is 0. The number of nitro groups is 1. The average molecular weight is 432 g/mol. The molecule has 2 aromatic carbocycles. The maximum Gasteiger partial charge on any atom is 0.274 e. The maximum absolute atomic E-state index is 13.8. The average Bonchev–Trinajstić information content (AvgIpc) is 3.47. The Morgan fingerprint density at radius 1 is 1.12 bits per heavy atom. The highest BCUT2D eigenvalue weighted by Crippen LogP contribution is 2.60. The molecule has 1 spiro atoms. The third-order valence-corrected chi connectivity index (χ3v) is 7.55. The lowest BCUT2D eigenvalue weighted by Crippen LogP contribution is -2.54. The highest BCUT2D eigenvalue weighted by atomic mass is 16.6. The number of para-hydroxylation sites is 1. The third kappa shape index (κ3) is 2.09. The molecule has 0 bridgehead atoms. The highest BCUT2D eigenvalue weighted by molar-refractivity contribution is 6.26. The monoisotopic (exact) mass is 432 g/mol. The SMILES string of the molecule is Cc1ccc(N2C(=O)[C@H]3[C@@H](C2=O)[C@@]2(C(=O)Nc4ccccc42)N2CCC[C@@H]32)cc1[N+](=O)[O-]. The van der Waals surface area contributed by atoms with E-state index in [1.807, 2.05) is 29.2 Å². The van der Waals surface area contributed by atoms with Crippen molar-refractivity contribution in [2.75, 3.05) is 16.8 Å². The summed E-state index contributed by atoms with van der Waals surface area (Å²) in [4.78, 5) is 55.0. The molecule has 4 aliphatic rings. The first kappa shape index (κ1) is 19.1. The van der Waals surface area contributed by atoms with Gasteiger partial charge >= 0.3 is 0 Å². The molecular formula is C23H20N4O5. The summed E-state index contributed by atoms with van der Waals surface area (Å²) < 4.78 is 0. The van der Waals surface area contributed by atoms with E-state index in [0.29, 0.717) is 17.8 Å². The second-order valence-corrected chi connectivity index (χ2v) is 8.91. The molecule has 32 heavy (non-hydrogen) atoms. The maximum atomic E-state index is 13.8. The van der Waals surface area contributed by atoms with Gasteiger partial charge in [-0.2, -0.15) is 0 Å². The van der Waals surface area contributed by atoms with Crippen molar-refractivity contribution in [3.63, 3.8) is 0 Å². The third-order valence-electron chi connectivity index (χ3n) is 7.55. The lowest BCUT2D eigenvalue weighted by Gasteiger charge is -2.36. The number of imide groups is 1. The molecule has 9 nitrogen and oxygen atoms in total. The number of nitrogens with zero attached hydrogens (tertiary/aromatic N) is 3. The van der Waals surface area contributed by atoms with Crippen LogP contribution in [0.2, 0.25) is 0 Å². The van der Waals surface area contributed by atoms with E-state index in [9.17, 15) is 24.5 Å². The summed E-state index contributed by atoms with van der Waals surface area (Å²) in [7, 11) is 0. The topological polar surface area (TPSA) is 113 Å². The first-order chi connectivity index (χ1) is 15.4. The van der Waals surface area contributed by atoms with Crippen LogP contribution in [0.15, 0.2) is 42.5 Å². The molecule has 0 radical (unpaired) electrons. The van der Waals surface area contributed by atoms with Crippen molar-refractivity contribution in [2.24, 2.45) is 11.8 Å². The number of anilines is 2. The van der Waals surface area contributed by atoms with Crippen molar-refractivity contribution in [2.45, 2.75) is 31.3 Å². The molecule has 0 aliphatic carbocycles. The molecule has 3 saturated heterocycles. The number of carbonyl (C=O) groups excluding carboxylic acids is 3. The Kier molecular flexibility index (Phi) is 3.72. The lowest BCUT2D eigenvalue weighted by molar-refractivity contribution is -0.385. The number of fused-ring (bicyclic) bond motifs is 7. The van der Waals surface area contributed by atoms with Gasteiger partial charge in [0.2, 0.25) is 17.7 Å². The van der Waals surface area contributed by atoms with E-state index in [1.54, 1.807) is 13.0 Å². The summed E-state index contributed by atoms with van der Waals surface area (Å²) in [6.45, 7) is 2.24. The fourth-order valence-corrected chi connectivity index (χ4v) is 6.35. The van der Waals surface area contributed by atoms with Crippen molar-refractivity contribution in [1.29, 1.82) is 0 Å². The smallest absolute Gasteiger partial charge is 0.274 e. The van der Waals surface area contributed by atoms with Gasteiger partial charge in [-0.05, 0) is 38.4 Å². The van der Waals surface area contributed by atoms with Gasteiger partial charge in [-0.1, -0.05) is 24.3 Å². The minimum absolute atomic E-state index is 0.152. The van der Waals surface area contributed by atoms with Gasteiger partial charge in [0.05, 0.1) is 22.4 Å². The van der Waals surface area contributed by atoms with E-state index >= 15 is 0 Å². The number of amides is 3. The quantitative estimate of drug-likeness (QED) is 0.443. The second kappa shape index (κ2) is 6.23. The Bertz CT molecular complexity index is 1240. The van der Waals surface area contributed by atoms with Gasteiger partial charge in [0.1, 0.15) is 5.54 Å². The van der Waals surface area contributed by atoms with Crippen molar-refractivity contribution in [3.8, 4) is 0 Å². The van der Waals surface area contributed by atoms with E-state index in [2.05, 4.69) is 5.32 Å². The molecule has 2 aromatic rings. The highest BCUT2D eigenvalue weighted by Gasteiger charge is 2.74. The van der Waals surface area contributed by atoms with Crippen LogP contribution in [0.1, 0.15) is 24.0 Å². The van der Waals surface area contributed by atoms with E-state index in [0.717, 1.165) is 23.3 Å². The van der Waals surface area contributed by atoms with Crippen molar-refractivity contribution in [1.82, 2.24) is 4.90 Å². The molecule has 3 fully saturated rings. The molecule has 3 amide bonds. The first-order valence-corrected chi connectivity index (χ1v) is 10.7. The molecule has 6 rings (SSSR count). The Balaban J connectivity index is 1.53. The van der Waals surface area contributed by atoms with Crippen LogP contribution < -0.4 is 10.2 Å². The summed E-state index contributed by atoms with van der Waals surface area (Å²) in [5.41, 5.74) is 0.622. The van der Waals surface area contributed by atoms with Crippen LogP contribution in [0.5, 0.6) is 0 Å². The number of aryl methyl sites for hydroxylation is 1. The van der Waals surface area contributed by atoms with E-state index in [1.165, 1.54) is 12.1 Å². The number of hydrogen-bond donors (Lipinski definition) is 1. The van der Waals surface area contributed by atoms with Crippen LogP contribution in [-0.2, 0) is 19.9 Å². The van der Waals surface area contributed by atoms with Gasteiger partial charge in [-0.3, -0.25) is 29.4 Å². The van der Waals surface area contributed by atoms with Crippen LogP contribution in [0, 0.1) is 28.9 Å². The zero-order valence-corrected chi connectivity index (χ0v) is 17.3. The fraction of sp³-hybridized carbons (Fsp3) is 0.348.